The Bertz CT molecular complexity index is 409. The van der Waals surface area contributed by atoms with Crippen molar-refractivity contribution < 1.29 is 18.7 Å². The largest absolute Gasteiger partial charge is 0.496 e. The SMILES string of the molecule is CCOCC(=O)N[C@H](C)c1c(F)cccc1OC. The minimum atomic E-state index is -0.478. The van der Waals surface area contributed by atoms with Gasteiger partial charge in [-0.25, -0.2) is 4.39 Å². The van der Waals surface area contributed by atoms with E-state index in [2.05, 4.69) is 5.32 Å². The van der Waals surface area contributed by atoms with E-state index >= 15 is 0 Å². The quantitative estimate of drug-likeness (QED) is 0.846. The van der Waals surface area contributed by atoms with Gasteiger partial charge in [0.15, 0.2) is 0 Å². The van der Waals surface area contributed by atoms with Crippen LogP contribution in [0.25, 0.3) is 0 Å². The summed E-state index contributed by atoms with van der Waals surface area (Å²) in [6, 6.07) is 4.08. The Balaban J connectivity index is 2.77. The molecule has 1 amide bonds. The fourth-order valence-electron chi connectivity index (χ4n) is 1.67. The topological polar surface area (TPSA) is 47.6 Å². The number of carbonyl (C=O) groups excluding carboxylic acids is 1. The van der Waals surface area contributed by atoms with Crippen LogP contribution in [0.15, 0.2) is 18.2 Å². The minimum absolute atomic E-state index is 0.0302. The average molecular weight is 255 g/mol. The van der Waals surface area contributed by atoms with E-state index in [1.54, 1.807) is 26.0 Å². The van der Waals surface area contributed by atoms with Crippen molar-refractivity contribution in [2.75, 3.05) is 20.3 Å². The van der Waals surface area contributed by atoms with Crippen molar-refractivity contribution in [1.82, 2.24) is 5.32 Å². The molecule has 1 aromatic rings. The summed E-state index contributed by atoms with van der Waals surface area (Å²) >= 11 is 0. The lowest BCUT2D eigenvalue weighted by Gasteiger charge is -2.17. The zero-order valence-electron chi connectivity index (χ0n) is 10.8. The molecule has 1 rings (SSSR count). The Hall–Kier alpha value is -1.62. The van der Waals surface area contributed by atoms with E-state index < -0.39 is 11.9 Å². The van der Waals surface area contributed by atoms with Crippen molar-refractivity contribution in [2.45, 2.75) is 19.9 Å². The number of hydrogen-bond acceptors (Lipinski definition) is 3. The van der Waals surface area contributed by atoms with Crippen LogP contribution in [0.2, 0.25) is 0 Å². The zero-order chi connectivity index (χ0) is 13.5. The first-order valence-corrected chi connectivity index (χ1v) is 5.79. The van der Waals surface area contributed by atoms with Crippen molar-refractivity contribution in [3.05, 3.63) is 29.6 Å². The van der Waals surface area contributed by atoms with Crippen LogP contribution < -0.4 is 10.1 Å². The summed E-state index contributed by atoms with van der Waals surface area (Å²) < 4.78 is 23.8. The maximum atomic E-state index is 13.7. The van der Waals surface area contributed by atoms with Crippen LogP contribution in [-0.4, -0.2) is 26.2 Å². The van der Waals surface area contributed by atoms with E-state index in [0.29, 0.717) is 17.9 Å². The fourth-order valence-corrected chi connectivity index (χ4v) is 1.67. The Labute approximate surface area is 106 Å². The lowest BCUT2D eigenvalue weighted by Crippen LogP contribution is -2.30. The van der Waals surface area contributed by atoms with Gasteiger partial charge in [0.1, 0.15) is 18.2 Å². The molecule has 0 saturated heterocycles. The van der Waals surface area contributed by atoms with Gasteiger partial charge in [-0.1, -0.05) is 6.07 Å². The van der Waals surface area contributed by atoms with Crippen LogP contribution in [0.3, 0.4) is 0 Å². The van der Waals surface area contributed by atoms with Gasteiger partial charge in [0.05, 0.1) is 18.7 Å². The first-order valence-electron chi connectivity index (χ1n) is 5.79. The summed E-state index contributed by atoms with van der Waals surface area (Å²) in [5.41, 5.74) is 0.338. The number of ether oxygens (including phenoxy) is 2. The molecule has 0 aliphatic heterocycles. The molecule has 0 aliphatic rings. The number of halogens is 1. The highest BCUT2D eigenvalue weighted by Gasteiger charge is 2.18. The standard InChI is InChI=1S/C13H18FNO3/c1-4-18-8-12(16)15-9(2)13-10(14)6-5-7-11(13)17-3/h5-7,9H,4,8H2,1-3H3,(H,15,16)/t9-/m1/s1. The summed E-state index contributed by atoms with van der Waals surface area (Å²) in [5.74, 6) is -0.271. The first kappa shape index (κ1) is 14.4. The highest BCUT2D eigenvalue weighted by Crippen LogP contribution is 2.27. The van der Waals surface area contributed by atoms with Crippen molar-refractivity contribution in [3.8, 4) is 5.75 Å². The molecule has 4 nitrogen and oxygen atoms in total. The zero-order valence-corrected chi connectivity index (χ0v) is 10.8. The normalized spacial score (nSPS) is 12.0. The van der Waals surface area contributed by atoms with E-state index in [0.717, 1.165) is 0 Å². The fraction of sp³-hybridized carbons (Fsp3) is 0.462. The predicted molar refractivity (Wildman–Crippen MR) is 66.0 cm³/mol. The van der Waals surface area contributed by atoms with Crippen LogP contribution >= 0.6 is 0 Å². The van der Waals surface area contributed by atoms with Gasteiger partial charge in [-0.2, -0.15) is 0 Å². The minimum Gasteiger partial charge on any atom is -0.496 e. The summed E-state index contributed by atoms with van der Waals surface area (Å²) in [4.78, 5) is 11.5. The van der Waals surface area contributed by atoms with Gasteiger partial charge in [0.25, 0.3) is 0 Å². The summed E-state index contributed by atoms with van der Waals surface area (Å²) in [6.07, 6.45) is 0. The smallest absolute Gasteiger partial charge is 0.246 e. The molecule has 0 saturated carbocycles. The molecule has 0 fully saturated rings. The highest BCUT2D eigenvalue weighted by molar-refractivity contribution is 5.77. The van der Waals surface area contributed by atoms with Gasteiger partial charge in [0.2, 0.25) is 5.91 Å². The van der Waals surface area contributed by atoms with Gasteiger partial charge >= 0.3 is 0 Å². The molecule has 1 N–H and O–H groups in total. The molecule has 0 unspecified atom stereocenters. The summed E-state index contributed by atoms with van der Waals surface area (Å²) in [6.45, 7) is 3.93. The molecule has 5 heteroatoms. The molecule has 0 spiro atoms. The molecule has 0 radical (unpaired) electrons. The summed E-state index contributed by atoms with van der Waals surface area (Å²) in [5, 5.41) is 2.66. The molecular formula is C13H18FNO3. The number of methoxy groups -OCH3 is 1. The van der Waals surface area contributed by atoms with Crippen molar-refractivity contribution >= 4 is 5.91 Å². The van der Waals surface area contributed by atoms with Gasteiger partial charge in [0, 0.05) is 6.61 Å². The monoisotopic (exact) mass is 255 g/mol. The maximum Gasteiger partial charge on any atom is 0.246 e. The van der Waals surface area contributed by atoms with Crippen LogP contribution in [0, 0.1) is 5.82 Å². The van der Waals surface area contributed by atoms with Crippen LogP contribution in [-0.2, 0) is 9.53 Å². The third kappa shape index (κ3) is 3.70. The van der Waals surface area contributed by atoms with E-state index in [1.165, 1.54) is 13.2 Å². The number of benzene rings is 1. The second-order valence-electron chi connectivity index (χ2n) is 3.78. The Morgan fingerprint density at radius 3 is 2.83 bits per heavy atom. The molecule has 1 atom stereocenters. The predicted octanol–water partition coefficient (Wildman–Crippen LogP) is 2.05. The molecular weight excluding hydrogens is 237 g/mol. The number of hydrogen-bond donors (Lipinski definition) is 1. The van der Waals surface area contributed by atoms with E-state index in [1.807, 2.05) is 0 Å². The molecule has 100 valence electrons. The third-order valence-corrected chi connectivity index (χ3v) is 2.48. The van der Waals surface area contributed by atoms with Gasteiger partial charge in [-0.15, -0.1) is 0 Å². The van der Waals surface area contributed by atoms with Crippen LogP contribution in [0.4, 0.5) is 4.39 Å². The lowest BCUT2D eigenvalue weighted by atomic mass is 10.1. The maximum absolute atomic E-state index is 13.7. The van der Waals surface area contributed by atoms with Crippen molar-refractivity contribution in [2.24, 2.45) is 0 Å². The first-order chi connectivity index (χ1) is 8.60. The van der Waals surface area contributed by atoms with E-state index in [9.17, 15) is 9.18 Å². The van der Waals surface area contributed by atoms with E-state index in [4.69, 9.17) is 9.47 Å². The Kier molecular flexibility index (Phi) is 5.58. The van der Waals surface area contributed by atoms with Gasteiger partial charge in [-0.05, 0) is 26.0 Å². The molecule has 0 aliphatic carbocycles. The Morgan fingerprint density at radius 2 is 2.22 bits per heavy atom. The average Bonchev–Trinajstić information content (AvgIpc) is 2.35. The van der Waals surface area contributed by atoms with E-state index in [-0.39, 0.29) is 12.5 Å². The summed E-state index contributed by atoms with van der Waals surface area (Å²) in [7, 11) is 1.47. The number of carbonyl (C=O) groups is 1. The van der Waals surface area contributed by atoms with Crippen molar-refractivity contribution in [3.63, 3.8) is 0 Å². The number of nitrogens with one attached hydrogen (secondary N) is 1. The molecule has 1 aromatic carbocycles. The highest BCUT2D eigenvalue weighted by atomic mass is 19.1. The second kappa shape index (κ2) is 6.96. The Morgan fingerprint density at radius 1 is 1.50 bits per heavy atom. The molecule has 0 bridgehead atoms. The lowest BCUT2D eigenvalue weighted by molar-refractivity contribution is -0.126. The van der Waals surface area contributed by atoms with Crippen LogP contribution in [0.1, 0.15) is 25.5 Å². The third-order valence-electron chi connectivity index (χ3n) is 2.48. The molecule has 0 heterocycles. The number of amides is 1. The molecule has 18 heavy (non-hydrogen) atoms. The van der Waals surface area contributed by atoms with Gasteiger partial charge in [-0.3, -0.25) is 4.79 Å². The number of rotatable bonds is 6. The van der Waals surface area contributed by atoms with Crippen LogP contribution in [0.5, 0.6) is 5.75 Å². The van der Waals surface area contributed by atoms with Crippen molar-refractivity contribution in [1.29, 1.82) is 0 Å². The second-order valence-corrected chi connectivity index (χ2v) is 3.78. The van der Waals surface area contributed by atoms with Gasteiger partial charge < -0.3 is 14.8 Å². The molecule has 0 aromatic heterocycles.